The molecule has 1 heterocycles. The third kappa shape index (κ3) is 7.00. The number of ether oxygens (including phenoxy) is 1. The average molecular weight is 391 g/mol. The summed E-state index contributed by atoms with van der Waals surface area (Å²) in [6, 6.07) is 10.7. The predicted molar refractivity (Wildman–Crippen MR) is 111 cm³/mol. The summed E-state index contributed by atoms with van der Waals surface area (Å²) in [6.07, 6.45) is 0.646. The zero-order chi connectivity index (χ0) is 20.4. The number of nitrogens with one attached hydrogen (secondary N) is 3. The summed E-state index contributed by atoms with van der Waals surface area (Å²) in [7, 11) is 3.65. The highest BCUT2D eigenvalue weighted by molar-refractivity contribution is 6.69. The Morgan fingerprint density at radius 2 is 1.93 bits per heavy atom. The summed E-state index contributed by atoms with van der Waals surface area (Å²) in [6.45, 7) is 6.01. The van der Waals surface area contributed by atoms with E-state index in [1.54, 1.807) is 20.0 Å². The Hall–Kier alpha value is -2.44. The Balaban J connectivity index is 0.000000289. The molecule has 0 bridgehead atoms. The van der Waals surface area contributed by atoms with Crippen LogP contribution in [0.5, 0.6) is 5.88 Å². The molecule has 2 rings (SSSR count). The summed E-state index contributed by atoms with van der Waals surface area (Å²) >= 11 is 5.66. The molecule has 0 amide bonds. The molecular weight excluding hydrogens is 364 g/mol. The molecule has 0 saturated carbocycles. The lowest BCUT2D eigenvalue weighted by atomic mass is 10.1. The van der Waals surface area contributed by atoms with Gasteiger partial charge in [-0.25, -0.2) is 0 Å². The summed E-state index contributed by atoms with van der Waals surface area (Å²) in [4.78, 5) is 14.3. The second kappa shape index (κ2) is 11.3. The van der Waals surface area contributed by atoms with Crippen LogP contribution in [0.3, 0.4) is 0 Å². The number of carbonyl (C=O) groups excluding carboxylic acids is 1. The van der Waals surface area contributed by atoms with E-state index >= 15 is 0 Å². The van der Waals surface area contributed by atoms with Gasteiger partial charge in [-0.1, -0.05) is 41.4 Å². The second-order valence-corrected chi connectivity index (χ2v) is 6.34. The van der Waals surface area contributed by atoms with Crippen LogP contribution in [-0.4, -0.2) is 37.1 Å². The Bertz CT molecular complexity index is 763. The number of hydrogen-bond donors (Lipinski definition) is 3. The van der Waals surface area contributed by atoms with Crippen molar-refractivity contribution >= 4 is 28.9 Å². The standard InChI is InChI=1S/C10H12ClN3O2.C10H15N/c1-6-5-7(16-4-3-15)14-10(13-2)8(6)9(11)12;1-8-4-6-10(7-5-8)9(2)11-3/h3,5,12H,4H2,1-2H3,(H,13,14);4-7,9,11H,1-3H3. The molecule has 0 saturated heterocycles. The van der Waals surface area contributed by atoms with Crippen molar-refractivity contribution in [3.63, 3.8) is 0 Å². The maximum atomic E-state index is 10.2. The monoisotopic (exact) mass is 390 g/mol. The molecule has 27 heavy (non-hydrogen) atoms. The molecule has 2 aromatic rings. The number of halogens is 1. The quantitative estimate of drug-likeness (QED) is 0.493. The highest BCUT2D eigenvalue weighted by Crippen LogP contribution is 2.23. The lowest BCUT2D eigenvalue weighted by Gasteiger charge is -2.11. The first-order valence-electron chi connectivity index (χ1n) is 8.58. The number of anilines is 1. The molecule has 7 heteroatoms. The zero-order valence-electron chi connectivity index (χ0n) is 16.4. The Kier molecular flexibility index (Phi) is 9.47. The van der Waals surface area contributed by atoms with Crippen LogP contribution >= 0.6 is 11.6 Å². The van der Waals surface area contributed by atoms with Crippen molar-refractivity contribution in [3.8, 4) is 5.88 Å². The number of carbonyl (C=O) groups is 1. The molecule has 1 aromatic heterocycles. The van der Waals surface area contributed by atoms with Crippen LogP contribution in [0.4, 0.5) is 5.82 Å². The summed E-state index contributed by atoms with van der Waals surface area (Å²) in [5.41, 5.74) is 3.96. The number of aldehydes is 1. The molecule has 0 radical (unpaired) electrons. The van der Waals surface area contributed by atoms with Crippen molar-refractivity contribution in [2.45, 2.75) is 26.8 Å². The van der Waals surface area contributed by atoms with Crippen molar-refractivity contribution in [2.24, 2.45) is 0 Å². The number of aromatic nitrogens is 1. The Morgan fingerprint density at radius 1 is 1.30 bits per heavy atom. The van der Waals surface area contributed by atoms with E-state index in [1.165, 1.54) is 11.1 Å². The van der Waals surface area contributed by atoms with Gasteiger partial charge in [0.1, 0.15) is 17.6 Å². The third-order valence-corrected chi connectivity index (χ3v) is 4.15. The van der Waals surface area contributed by atoms with Crippen molar-refractivity contribution in [1.29, 1.82) is 5.41 Å². The molecule has 0 aliphatic rings. The van der Waals surface area contributed by atoms with Crippen LogP contribution in [-0.2, 0) is 4.79 Å². The molecule has 0 aliphatic carbocycles. The van der Waals surface area contributed by atoms with E-state index in [4.69, 9.17) is 21.7 Å². The number of rotatable bonds is 7. The second-order valence-electron chi connectivity index (χ2n) is 5.96. The van der Waals surface area contributed by atoms with Crippen LogP contribution in [0, 0.1) is 19.3 Å². The van der Waals surface area contributed by atoms with Crippen LogP contribution in [0.1, 0.15) is 35.2 Å². The minimum absolute atomic E-state index is 0.0484. The smallest absolute Gasteiger partial charge is 0.215 e. The van der Waals surface area contributed by atoms with Crippen LogP contribution < -0.4 is 15.4 Å². The summed E-state index contributed by atoms with van der Waals surface area (Å²) in [5.74, 6) is 0.788. The number of nitrogens with zero attached hydrogens (tertiary/aromatic N) is 1. The van der Waals surface area contributed by atoms with E-state index in [2.05, 4.69) is 53.7 Å². The van der Waals surface area contributed by atoms with E-state index in [0.717, 1.165) is 5.56 Å². The SMILES string of the molecule is CNC(C)c1ccc(C)cc1.CNc1nc(OCC=O)cc(C)c1C(=N)Cl. The molecule has 0 spiro atoms. The van der Waals surface area contributed by atoms with Crippen molar-refractivity contribution in [2.75, 3.05) is 26.0 Å². The lowest BCUT2D eigenvalue weighted by Crippen LogP contribution is -2.11. The Morgan fingerprint density at radius 3 is 2.41 bits per heavy atom. The third-order valence-electron chi connectivity index (χ3n) is 3.96. The normalized spacial score (nSPS) is 11.0. The van der Waals surface area contributed by atoms with E-state index < -0.39 is 0 Å². The van der Waals surface area contributed by atoms with Gasteiger partial charge in [0.2, 0.25) is 5.88 Å². The molecule has 0 aliphatic heterocycles. The molecule has 6 nitrogen and oxygen atoms in total. The van der Waals surface area contributed by atoms with Crippen LogP contribution in [0.25, 0.3) is 0 Å². The fourth-order valence-electron chi connectivity index (χ4n) is 2.32. The minimum atomic E-state index is -0.0868. The number of aryl methyl sites for hydroxylation is 2. The van der Waals surface area contributed by atoms with E-state index in [0.29, 0.717) is 29.6 Å². The predicted octanol–water partition coefficient (Wildman–Crippen LogP) is 3.85. The van der Waals surface area contributed by atoms with Gasteiger partial charge in [-0.3, -0.25) is 10.2 Å². The molecule has 146 valence electrons. The van der Waals surface area contributed by atoms with Gasteiger partial charge in [-0.05, 0) is 38.9 Å². The first-order valence-corrected chi connectivity index (χ1v) is 8.95. The van der Waals surface area contributed by atoms with E-state index in [9.17, 15) is 4.79 Å². The van der Waals surface area contributed by atoms with Crippen molar-refractivity contribution < 1.29 is 9.53 Å². The van der Waals surface area contributed by atoms with Gasteiger partial charge in [0.05, 0.1) is 5.56 Å². The van der Waals surface area contributed by atoms with Crippen LogP contribution in [0.2, 0.25) is 0 Å². The topological polar surface area (TPSA) is 87.1 Å². The molecule has 0 fully saturated rings. The fraction of sp³-hybridized carbons (Fsp3) is 0.350. The molecule has 1 unspecified atom stereocenters. The van der Waals surface area contributed by atoms with Gasteiger partial charge in [-0.15, -0.1) is 0 Å². The van der Waals surface area contributed by atoms with Crippen molar-refractivity contribution in [1.82, 2.24) is 10.3 Å². The van der Waals surface area contributed by atoms with Gasteiger partial charge < -0.3 is 15.4 Å². The van der Waals surface area contributed by atoms with Gasteiger partial charge >= 0.3 is 0 Å². The number of pyridine rings is 1. The van der Waals surface area contributed by atoms with Gasteiger partial charge in [0.25, 0.3) is 0 Å². The van der Waals surface area contributed by atoms with E-state index in [1.807, 2.05) is 7.05 Å². The highest BCUT2D eigenvalue weighted by Gasteiger charge is 2.12. The summed E-state index contributed by atoms with van der Waals surface area (Å²) < 4.78 is 5.08. The fourth-order valence-corrected chi connectivity index (χ4v) is 2.55. The maximum Gasteiger partial charge on any atom is 0.215 e. The van der Waals surface area contributed by atoms with Gasteiger partial charge in [-0.2, -0.15) is 4.98 Å². The van der Waals surface area contributed by atoms with Crippen molar-refractivity contribution in [3.05, 3.63) is 52.6 Å². The first kappa shape index (κ1) is 22.6. The van der Waals surface area contributed by atoms with Crippen LogP contribution in [0.15, 0.2) is 30.3 Å². The first-order chi connectivity index (χ1) is 12.8. The summed E-state index contributed by atoms with van der Waals surface area (Å²) in [5, 5.41) is 13.4. The zero-order valence-corrected chi connectivity index (χ0v) is 17.1. The Labute approximate surface area is 165 Å². The number of benzene rings is 1. The van der Waals surface area contributed by atoms with Gasteiger partial charge in [0.15, 0.2) is 6.29 Å². The molecule has 1 atom stereocenters. The largest absolute Gasteiger partial charge is 0.470 e. The maximum absolute atomic E-state index is 10.2. The average Bonchev–Trinajstić information content (AvgIpc) is 2.65. The molecule has 3 N–H and O–H groups in total. The lowest BCUT2D eigenvalue weighted by molar-refractivity contribution is -0.109. The highest BCUT2D eigenvalue weighted by atomic mass is 35.5. The number of hydrogen-bond acceptors (Lipinski definition) is 6. The molecular formula is C20H27ClN4O2. The van der Waals surface area contributed by atoms with Gasteiger partial charge in [0, 0.05) is 19.2 Å². The molecule has 1 aromatic carbocycles. The minimum Gasteiger partial charge on any atom is -0.470 e. The van der Waals surface area contributed by atoms with E-state index in [-0.39, 0.29) is 11.8 Å².